The number of hydrogen-bond acceptors (Lipinski definition) is 5. The molecule has 0 radical (unpaired) electrons. The number of rotatable bonds is 7. The number of Topliss-reactive ketones (excluding diaryl/α,β-unsaturated/α-hetero) is 1. The van der Waals surface area contributed by atoms with Crippen LogP contribution in [0.5, 0.6) is 5.75 Å². The zero-order valence-electron chi connectivity index (χ0n) is 14.8. The number of nitrogens with zero attached hydrogens (tertiary/aromatic N) is 1. The number of unbranched alkanes of at least 4 members (excludes halogenated alkanes) is 1. The van der Waals surface area contributed by atoms with Crippen LogP contribution in [0.2, 0.25) is 0 Å². The minimum Gasteiger partial charge on any atom is -0.503 e. The Morgan fingerprint density at radius 2 is 2.04 bits per heavy atom. The molecule has 3 rings (SSSR count). The van der Waals surface area contributed by atoms with Crippen LogP contribution in [0.1, 0.15) is 41.9 Å². The Bertz CT molecular complexity index is 838. The first-order valence-corrected chi connectivity index (χ1v) is 8.55. The summed E-state index contributed by atoms with van der Waals surface area (Å²) in [7, 11) is 1.53. The SMILES string of the molecule is CCCCN1C(=O)C(O)=C(C(=O)c2ccco2)C1c1ccccc1OC. The molecule has 0 fully saturated rings. The lowest BCUT2D eigenvalue weighted by Gasteiger charge is -2.27. The number of ether oxygens (including phenoxy) is 1. The average molecular weight is 355 g/mol. The molecule has 1 aromatic carbocycles. The molecule has 6 nitrogen and oxygen atoms in total. The van der Waals surface area contributed by atoms with Gasteiger partial charge in [0.15, 0.2) is 11.5 Å². The quantitative estimate of drug-likeness (QED) is 0.767. The lowest BCUT2D eigenvalue weighted by molar-refractivity contribution is -0.129. The molecule has 6 heteroatoms. The first-order valence-electron chi connectivity index (χ1n) is 8.55. The van der Waals surface area contributed by atoms with Gasteiger partial charge in [-0.05, 0) is 24.6 Å². The van der Waals surface area contributed by atoms with Gasteiger partial charge in [0.2, 0.25) is 5.78 Å². The van der Waals surface area contributed by atoms with Crippen molar-refractivity contribution < 1.29 is 23.8 Å². The third-order valence-electron chi connectivity index (χ3n) is 4.48. The summed E-state index contributed by atoms with van der Waals surface area (Å²) >= 11 is 0. The van der Waals surface area contributed by atoms with Crippen LogP contribution in [0.3, 0.4) is 0 Å². The van der Waals surface area contributed by atoms with Crippen molar-refractivity contribution in [1.82, 2.24) is 4.90 Å². The molecule has 1 aliphatic heterocycles. The minimum atomic E-state index is -0.720. The number of methoxy groups -OCH3 is 1. The number of hydrogen-bond donors (Lipinski definition) is 1. The lowest BCUT2D eigenvalue weighted by atomic mass is 9.94. The third-order valence-corrected chi connectivity index (χ3v) is 4.48. The topological polar surface area (TPSA) is 80.0 Å². The number of amides is 1. The first kappa shape index (κ1) is 17.8. The molecular formula is C20H21NO5. The molecule has 0 aliphatic carbocycles. The Kier molecular flexibility index (Phi) is 5.11. The summed E-state index contributed by atoms with van der Waals surface area (Å²) < 4.78 is 10.6. The highest BCUT2D eigenvalue weighted by Gasteiger charge is 2.45. The fourth-order valence-corrected chi connectivity index (χ4v) is 3.20. The van der Waals surface area contributed by atoms with Crippen LogP contribution >= 0.6 is 0 Å². The predicted octanol–water partition coefficient (Wildman–Crippen LogP) is 3.67. The maximum Gasteiger partial charge on any atom is 0.290 e. The Labute approximate surface area is 151 Å². The summed E-state index contributed by atoms with van der Waals surface area (Å²) in [5.41, 5.74) is 0.670. The van der Waals surface area contributed by atoms with Gasteiger partial charge < -0.3 is 19.2 Å². The van der Waals surface area contributed by atoms with E-state index >= 15 is 0 Å². The van der Waals surface area contributed by atoms with Crippen LogP contribution in [0.25, 0.3) is 0 Å². The average Bonchev–Trinajstić information content (AvgIpc) is 3.28. The standard InChI is InChI=1S/C20H21NO5/c1-3-4-11-21-17(13-8-5-6-9-14(13)25-2)16(19(23)20(21)24)18(22)15-10-7-12-26-15/h5-10,12,17,23H,3-4,11H2,1-2H3. The summed E-state index contributed by atoms with van der Waals surface area (Å²) in [6, 6.07) is 9.57. The van der Waals surface area contributed by atoms with Crippen molar-refractivity contribution in [2.24, 2.45) is 0 Å². The molecule has 1 unspecified atom stereocenters. The molecule has 1 aromatic heterocycles. The van der Waals surface area contributed by atoms with E-state index in [1.54, 1.807) is 18.2 Å². The van der Waals surface area contributed by atoms with Gasteiger partial charge in [-0.25, -0.2) is 0 Å². The third kappa shape index (κ3) is 2.98. The molecule has 1 N–H and O–H groups in total. The van der Waals surface area contributed by atoms with E-state index in [-0.39, 0.29) is 11.3 Å². The van der Waals surface area contributed by atoms with Gasteiger partial charge in [0.25, 0.3) is 5.91 Å². The van der Waals surface area contributed by atoms with E-state index < -0.39 is 23.5 Å². The number of furan rings is 1. The van der Waals surface area contributed by atoms with E-state index in [4.69, 9.17) is 9.15 Å². The molecule has 2 aromatic rings. The molecular weight excluding hydrogens is 334 g/mol. The van der Waals surface area contributed by atoms with Gasteiger partial charge in [0.05, 0.1) is 25.0 Å². The van der Waals surface area contributed by atoms with Crippen molar-refractivity contribution >= 4 is 11.7 Å². The second-order valence-corrected chi connectivity index (χ2v) is 6.07. The van der Waals surface area contributed by atoms with Gasteiger partial charge in [-0.3, -0.25) is 9.59 Å². The highest BCUT2D eigenvalue weighted by atomic mass is 16.5. The van der Waals surface area contributed by atoms with Crippen molar-refractivity contribution in [3.63, 3.8) is 0 Å². The monoisotopic (exact) mass is 355 g/mol. The molecule has 0 saturated heterocycles. The zero-order chi connectivity index (χ0) is 18.7. The molecule has 2 heterocycles. The minimum absolute atomic E-state index is 0.0190. The molecule has 136 valence electrons. The largest absolute Gasteiger partial charge is 0.503 e. The highest BCUT2D eigenvalue weighted by molar-refractivity contribution is 6.15. The van der Waals surface area contributed by atoms with Crippen LogP contribution in [0.15, 0.2) is 58.4 Å². The Balaban J connectivity index is 2.12. The Hall–Kier alpha value is -3.02. The van der Waals surface area contributed by atoms with Gasteiger partial charge in [-0.15, -0.1) is 0 Å². The summed E-state index contributed by atoms with van der Waals surface area (Å²) in [4.78, 5) is 27.1. The van der Waals surface area contributed by atoms with E-state index in [1.807, 2.05) is 19.1 Å². The molecule has 0 bridgehead atoms. The van der Waals surface area contributed by atoms with Crippen molar-refractivity contribution in [3.8, 4) is 5.75 Å². The Morgan fingerprint density at radius 3 is 2.69 bits per heavy atom. The van der Waals surface area contributed by atoms with Crippen LogP contribution in [-0.2, 0) is 4.79 Å². The van der Waals surface area contributed by atoms with E-state index in [2.05, 4.69) is 0 Å². The number of carbonyl (C=O) groups excluding carboxylic acids is 2. The number of aliphatic hydroxyl groups is 1. The van der Waals surface area contributed by atoms with Gasteiger partial charge in [0, 0.05) is 12.1 Å². The summed E-state index contributed by atoms with van der Waals surface area (Å²) in [5, 5.41) is 10.5. The summed E-state index contributed by atoms with van der Waals surface area (Å²) in [6.45, 7) is 2.44. The normalized spacial score (nSPS) is 17.1. The van der Waals surface area contributed by atoms with E-state index in [1.165, 1.54) is 24.3 Å². The van der Waals surface area contributed by atoms with Crippen LogP contribution < -0.4 is 4.74 Å². The summed E-state index contributed by atoms with van der Waals surface area (Å²) in [5.74, 6) is -0.957. The second kappa shape index (κ2) is 7.47. The van der Waals surface area contributed by atoms with Crippen LogP contribution in [-0.4, -0.2) is 35.4 Å². The maximum atomic E-state index is 12.9. The van der Waals surface area contributed by atoms with Crippen molar-refractivity contribution in [2.45, 2.75) is 25.8 Å². The zero-order valence-corrected chi connectivity index (χ0v) is 14.8. The number of para-hydroxylation sites is 1. The Morgan fingerprint density at radius 1 is 1.27 bits per heavy atom. The second-order valence-electron chi connectivity index (χ2n) is 6.07. The number of ketones is 1. The first-order chi connectivity index (χ1) is 12.6. The number of carbonyl (C=O) groups is 2. The van der Waals surface area contributed by atoms with Gasteiger partial charge >= 0.3 is 0 Å². The van der Waals surface area contributed by atoms with E-state index in [0.717, 1.165) is 12.8 Å². The predicted molar refractivity (Wildman–Crippen MR) is 95.0 cm³/mol. The fourth-order valence-electron chi connectivity index (χ4n) is 3.20. The van der Waals surface area contributed by atoms with Crippen molar-refractivity contribution in [1.29, 1.82) is 0 Å². The van der Waals surface area contributed by atoms with E-state index in [9.17, 15) is 14.7 Å². The van der Waals surface area contributed by atoms with Crippen LogP contribution in [0.4, 0.5) is 0 Å². The smallest absolute Gasteiger partial charge is 0.290 e. The molecule has 1 amide bonds. The highest BCUT2D eigenvalue weighted by Crippen LogP contribution is 2.42. The molecule has 26 heavy (non-hydrogen) atoms. The number of aliphatic hydroxyl groups excluding tert-OH is 1. The van der Waals surface area contributed by atoms with E-state index in [0.29, 0.717) is 17.9 Å². The fraction of sp³-hybridized carbons (Fsp3) is 0.300. The molecule has 0 saturated carbocycles. The van der Waals surface area contributed by atoms with Gasteiger partial charge in [0.1, 0.15) is 5.75 Å². The van der Waals surface area contributed by atoms with Gasteiger partial charge in [-0.1, -0.05) is 31.5 Å². The molecule has 0 spiro atoms. The van der Waals surface area contributed by atoms with Crippen LogP contribution in [0, 0.1) is 0 Å². The molecule has 1 aliphatic rings. The summed E-state index contributed by atoms with van der Waals surface area (Å²) in [6.07, 6.45) is 3.02. The number of benzene rings is 1. The molecule has 1 atom stereocenters. The lowest BCUT2D eigenvalue weighted by Crippen LogP contribution is -2.32. The van der Waals surface area contributed by atoms with Crippen molar-refractivity contribution in [2.75, 3.05) is 13.7 Å². The van der Waals surface area contributed by atoms with Gasteiger partial charge in [-0.2, -0.15) is 0 Å². The maximum absolute atomic E-state index is 12.9. The van der Waals surface area contributed by atoms with Crippen molar-refractivity contribution in [3.05, 3.63) is 65.3 Å².